The zero-order valence-corrected chi connectivity index (χ0v) is 24.2. The summed E-state index contributed by atoms with van der Waals surface area (Å²) in [6.07, 6.45) is 0.755. The van der Waals surface area contributed by atoms with E-state index in [1.165, 1.54) is 19.6 Å². The summed E-state index contributed by atoms with van der Waals surface area (Å²) in [4.78, 5) is 37.5. The number of fused-ring (bicyclic) bond motifs is 1. The second kappa shape index (κ2) is 10.6. The summed E-state index contributed by atoms with van der Waals surface area (Å²) < 4.78 is 19.2. The molecule has 3 N–H and O–H groups in total. The van der Waals surface area contributed by atoms with Crippen LogP contribution in [0.5, 0.6) is 0 Å². The van der Waals surface area contributed by atoms with Crippen LogP contribution in [0.1, 0.15) is 61.1 Å². The van der Waals surface area contributed by atoms with E-state index in [1.807, 2.05) is 0 Å². The molecule has 12 nitrogen and oxygen atoms in total. The van der Waals surface area contributed by atoms with E-state index >= 15 is 0 Å². The van der Waals surface area contributed by atoms with Gasteiger partial charge in [0.25, 0.3) is 0 Å². The minimum Gasteiger partial charge on any atom is -0.444 e. The van der Waals surface area contributed by atoms with Crippen molar-refractivity contribution in [2.24, 2.45) is 0 Å². The van der Waals surface area contributed by atoms with Gasteiger partial charge in [0.15, 0.2) is 31.5 Å². The third kappa shape index (κ3) is 7.03. The second-order valence-corrected chi connectivity index (χ2v) is 16.7. The number of imidazole rings is 1. The van der Waals surface area contributed by atoms with Crippen LogP contribution in [0.15, 0.2) is 12.7 Å². The summed E-state index contributed by atoms with van der Waals surface area (Å²) in [6, 6.07) is -0.886. The van der Waals surface area contributed by atoms with Gasteiger partial charge in [0, 0.05) is 6.42 Å². The van der Waals surface area contributed by atoms with E-state index in [0.717, 1.165) is 0 Å². The minimum atomic E-state index is -1.96. The zero-order chi connectivity index (χ0) is 27.8. The maximum atomic E-state index is 12.7. The van der Waals surface area contributed by atoms with Crippen LogP contribution in [0.25, 0.3) is 11.2 Å². The lowest BCUT2D eigenvalue weighted by molar-refractivity contribution is -0.117. The molecule has 3 heterocycles. The summed E-state index contributed by atoms with van der Waals surface area (Å²) in [5, 5.41) is 16.0. The standard InChI is InChI=1S/C24H40N6O6Si/c1-14(28-22(33)36-23(2,3)4)20(32)29-18-17-19(26-12-25-18)30(13-27-17)21-16(31)10-15(35-21)11-34-37(8,9)24(5,6)7/h12-16,21,31H,10-11H2,1-9H3,(H,28,33)(H,25,26,29,32)/t14-,15-,16+,21+/m0/s1. The molecule has 0 radical (unpaired) electrons. The Morgan fingerprint density at radius 1 is 1.22 bits per heavy atom. The number of anilines is 1. The molecule has 0 bridgehead atoms. The average Bonchev–Trinajstić information content (AvgIpc) is 3.33. The molecule has 2 aromatic rings. The molecule has 0 saturated carbocycles. The number of amides is 2. The number of carbonyl (C=O) groups is 2. The number of hydrogen-bond donors (Lipinski definition) is 3. The number of aromatic nitrogens is 4. The monoisotopic (exact) mass is 536 g/mol. The maximum absolute atomic E-state index is 12.7. The van der Waals surface area contributed by atoms with Gasteiger partial charge in [-0.05, 0) is 45.8 Å². The van der Waals surface area contributed by atoms with Crippen LogP contribution in [0.3, 0.4) is 0 Å². The molecule has 2 aromatic heterocycles. The third-order valence-electron chi connectivity index (χ3n) is 6.60. The van der Waals surface area contributed by atoms with Gasteiger partial charge in [0.2, 0.25) is 5.91 Å². The first-order valence-electron chi connectivity index (χ1n) is 12.4. The maximum Gasteiger partial charge on any atom is 0.408 e. The summed E-state index contributed by atoms with van der Waals surface area (Å²) in [5.41, 5.74) is 0.0412. The molecule has 1 aliphatic heterocycles. The van der Waals surface area contributed by atoms with Crippen LogP contribution in [0.2, 0.25) is 18.1 Å². The van der Waals surface area contributed by atoms with Crippen LogP contribution in [-0.2, 0) is 18.7 Å². The van der Waals surface area contributed by atoms with Gasteiger partial charge in [-0.3, -0.25) is 9.36 Å². The molecule has 0 unspecified atom stereocenters. The quantitative estimate of drug-likeness (QED) is 0.453. The van der Waals surface area contributed by atoms with Crippen molar-refractivity contribution in [2.75, 3.05) is 11.9 Å². The fourth-order valence-corrected chi connectivity index (χ4v) is 4.55. The van der Waals surface area contributed by atoms with Gasteiger partial charge >= 0.3 is 6.09 Å². The Hall–Kier alpha value is -2.61. The summed E-state index contributed by atoms with van der Waals surface area (Å²) in [7, 11) is -1.96. The molecule has 1 fully saturated rings. The molecule has 2 amide bonds. The Kier molecular flexibility index (Phi) is 8.32. The number of alkyl carbamates (subject to hydrolysis) is 1. The number of ether oxygens (including phenoxy) is 2. The predicted octanol–water partition coefficient (Wildman–Crippen LogP) is 3.35. The molecule has 3 rings (SSSR count). The minimum absolute atomic E-state index is 0.0713. The fraction of sp³-hybridized carbons (Fsp3) is 0.708. The molecule has 13 heteroatoms. The van der Waals surface area contributed by atoms with E-state index in [0.29, 0.717) is 24.2 Å². The molecule has 0 aromatic carbocycles. The largest absolute Gasteiger partial charge is 0.444 e. The van der Waals surface area contributed by atoms with Crippen molar-refractivity contribution < 1.29 is 28.6 Å². The van der Waals surface area contributed by atoms with E-state index in [2.05, 4.69) is 59.5 Å². The summed E-state index contributed by atoms with van der Waals surface area (Å²) in [6.45, 7) is 18.0. The lowest BCUT2D eigenvalue weighted by Gasteiger charge is -2.36. The molecule has 206 valence electrons. The van der Waals surface area contributed by atoms with Crippen molar-refractivity contribution in [1.29, 1.82) is 0 Å². The van der Waals surface area contributed by atoms with Gasteiger partial charge in [0.1, 0.15) is 24.1 Å². The SMILES string of the molecule is C[C@H](NC(=O)OC(C)(C)C)C(=O)Nc1ncnc2c1ncn2[C@@H]1O[C@H](CO[Si](C)(C)C(C)(C)C)C[C@H]1O. The Labute approximate surface area is 218 Å². The number of aliphatic hydroxyl groups excluding tert-OH is 1. The van der Waals surface area contributed by atoms with E-state index in [4.69, 9.17) is 13.9 Å². The van der Waals surface area contributed by atoms with Gasteiger partial charge in [0.05, 0.1) is 19.0 Å². The molecule has 4 atom stereocenters. The highest BCUT2D eigenvalue weighted by Crippen LogP contribution is 2.38. The summed E-state index contributed by atoms with van der Waals surface area (Å²) >= 11 is 0. The number of aliphatic hydroxyl groups is 1. The average molecular weight is 537 g/mol. The van der Waals surface area contributed by atoms with Gasteiger partial charge in [-0.15, -0.1) is 0 Å². The molecular weight excluding hydrogens is 496 g/mol. The molecule has 0 aliphatic carbocycles. The Bertz CT molecular complexity index is 1130. The van der Waals surface area contributed by atoms with E-state index in [9.17, 15) is 14.7 Å². The molecule has 0 spiro atoms. The zero-order valence-electron chi connectivity index (χ0n) is 23.2. The van der Waals surface area contributed by atoms with E-state index in [-0.39, 0.29) is 17.0 Å². The highest BCUT2D eigenvalue weighted by Gasteiger charge is 2.41. The third-order valence-corrected chi connectivity index (χ3v) is 11.1. The second-order valence-electron chi connectivity index (χ2n) is 11.9. The highest BCUT2D eigenvalue weighted by molar-refractivity contribution is 6.74. The van der Waals surface area contributed by atoms with Crippen LogP contribution in [0, 0.1) is 0 Å². The Morgan fingerprint density at radius 3 is 2.51 bits per heavy atom. The highest BCUT2D eigenvalue weighted by atomic mass is 28.4. The van der Waals surface area contributed by atoms with Crippen molar-refractivity contribution in [3.05, 3.63) is 12.7 Å². The fourth-order valence-electron chi connectivity index (χ4n) is 3.51. The van der Waals surface area contributed by atoms with E-state index in [1.54, 1.807) is 25.3 Å². The number of carbonyl (C=O) groups excluding carboxylic acids is 2. The normalized spacial score (nSPS) is 21.6. The molecular formula is C24H40N6O6Si. The van der Waals surface area contributed by atoms with Crippen molar-refractivity contribution in [1.82, 2.24) is 24.8 Å². The number of rotatable bonds is 7. The van der Waals surface area contributed by atoms with Gasteiger partial charge < -0.3 is 29.6 Å². The summed E-state index contributed by atoms with van der Waals surface area (Å²) in [5.74, 6) is -0.322. The van der Waals surface area contributed by atoms with Crippen LogP contribution >= 0.6 is 0 Å². The van der Waals surface area contributed by atoms with Gasteiger partial charge in [-0.25, -0.2) is 19.7 Å². The number of nitrogens with zero attached hydrogens (tertiary/aromatic N) is 4. The van der Waals surface area contributed by atoms with Crippen LogP contribution in [-0.4, -0.2) is 75.4 Å². The first-order chi connectivity index (χ1) is 17.0. The van der Waals surface area contributed by atoms with Gasteiger partial charge in [-0.2, -0.15) is 0 Å². The van der Waals surface area contributed by atoms with Crippen molar-refractivity contribution in [3.8, 4) is 0 Å². The smallest absolute Gasteiger partial charge is 0.408 e. The van der Waals surface area contributed by atoms with E-state index < -0.39 is 44.3 Å². The first-order valence-corrected chi connectivity index (χ1v) is 15.3. The Balaban J connectivity index is 1.69. The van der Waals surface area contributed by atoms with Crippen LogP contribution in [0.4, 0.5) is 10.6 Å². The van der Waals surface area contributed by atoms with Crippen LogP contribution < -0.4 is 10.6 Å². The lowest BCUT2D eigenvalue weighted by Crippen LogP contribution is -2.44. The topological polar surface area (TPSA) is 150 Å². The van der Waals surface area contributed by atoms with Gasteiger partial charge in [-0.1, -0.05) is 20.8 Å². The van der Waals surface area contributed by atoms with Crippen molar-refractivity contribution >= 4 is 37.3 Å². The molecule has 37 heavy (non-hydrogen) atoms. The van der Waals surface area contributed by atoms with Crippen molar-refractivity contribution in [2.45, 2.75) is 103 Å². The number of nitrogens with one attached hydrogen (secondary N) is 2. The Morgan fingerprint density at radius 2 is 1.89 bits per heavy atom. The number of hydrogen-bond acceptors (Lipinski definition) is 9. The first kappa shape index (κ1) is 29.0. The lowest BCUT2D eigenvalue weighted by atomic mass is 10.2. The molecule has 1 saturated heterocycles. The molecule has 1 aliphatic rings. The predicted molar refractivity (Wildman–Crippen MR) is 140 cm³/mol. The van der Waals surface area contributed by atoms with Crippen molar-refractivity contribution in [3.63, 3.8) is 0 Å².